The van der Waals surface area contributed by atoms with Crippen molar-refractivity contribution >= 4 is 17.9 Å². The first-order valence-corrected chi connectivity index (χ1v) is 5.64. The Morgan fingerprint density at radius 3 is 1.83 bits per heavy atom. The van der Waals surface area contributed by atoms with Gasteiger partial charge in [-0.2, -0.15) is 26.3 Å². The first-order chi connectivity index (χ1) is 10.2. The lowest BCUT2D eigenvalue weighted by molar-refractivity contribution is -0.299. The van der Waals surface area contributed by atoms with Gasteiger partial charge in [-0.15, -0.1) is 0 Å². The third kappa shape index (κ3) is 4.13. The second-order valence-corrected chi connectivity index (χ2v) is 4.18. The summed E-state index contributed by atoms with van der Waals surface area (Å²) in [7, 11) is 0. The smallest absolute Gasteiger partial charge is 0.411 e. The standard InChI is InChI=1S/C11H10F6O6/c1-5(6(18)19)3-2-4-23-8(22)10(14,15)11(16,17)9(12,13)7(20)21/h1-4H2,(H,18,19)(H,20,21). The maximum Gasteiger partial charge on any atom is 0.411 e. The third-order valence-electron chi connectivity index (χ3n) is 2.47. The van der Waals surface area contributed by atoms with Gasteiger partial charge in [0, 0.05) is 5.57 Å². The Morgan fingerprint density at radius 1 is 0.957 bits per heavy atom. The zero-order chi connectivity index (χ0) is 18.6. The molecule has 0 rings (SSSR count). The summed E-state index contributed by atoms with van der Waals surface area (Å²) in [5.74, 6) is -26.9. The lowest BCUT2D eigenvalue weighted by Crippen LogP contribution is -2.61. The number of carboxylic acid groups (broad SMARTS) is 2. The third-order valence-corrected chi connectivity index (χ3v) is 2.47. The van der Waals surface area contributed by atoms with E-state index >= 15 is 0 Å². The Bertz CT molecular complexity index is 515. The second-order valence-electron chi connectivity index (χ2n) is 4.18. The molecule has 0 heterocycles. The average Bonchev–Trinajstić information content (AvgIpc) is 2.41. The highest BCUT2D eigenvalue weighted by Crippen LogP contribution is 2.46. The summed E-state index contributed by atoms with van der Waals surface area (Å²) in [4.78, 5) is 31.1. The van der Waals surface area contributed by atoms with Crippen LogP contribution in [-0.2, 0) is 19.1 Å². The van der Waals surface area contributed by atoms with Crippen molar-refractivity contribution in [3.05, 3.63) is 12.2 Å². The molecular weight excluding hydrogens is 342 g/mol. The van der Waals surface area contributed by atoms with Crippen LogP contribution in [0.25, 0.3) is 0 Å². The number of carbonyl (C=O) groups is 3. The summed E-state index contributed by atoms with van der Waals surface area (Å²) in [6, 6.07) is 0. The highest BCUT2D eigenvalue weighted by atomic mass is 19.3. The van der Waals surface area contributed by atoms with E-state index in [0.29, 0.717) is 0 Å². The quantitative estimate of drug-likeness (QED) is 0.285. The number of aliphatic carboxylic acids is 2. The van der Waals surface area contributed by atoms with Crippen LogP contribution in [0.1, 0.15) is 12.8 Å². The molecule has 2 N–H and O–H groups in total. The molecule has 6 nitrogen and oxygen atoms in total. The summed E-state index contributed by atoms with van der Waals surface area (Å²) < 4.78 is 81.0. The van der Waals surface area contributed by atoms with Gasteiger partial charge in [0.05, 0.1) is 6.61 Å². The molecule has 0 fully saturated rings. The van der Waals surface area contributed by atoms with E-state index in [1.165, 1.54) is 0 Å². The molecule has 0 spiro atoms. The Morgan fingerprint density at radius 2 is 1.43 bits per heavy atom. The van der Waals surface area contributed by atoms with Crippen LogP contribution in [0.3, 0.4) is 0 Å². The molecule has 0 bridgehead atoms. The van der Waals surface area contributed by atoms with Crippen LogP contribution in [0.5, 0.6) is 0 Å². The summed E-state index contributed by atoms with van der Waals surface area (Å²) in [5.41, 5.74) is -0.393. The van der Waals surface area contributed by atoms with Crippen LogP contribution in [0.4, 0.5) is 26.3 Å². The van der Waals surface area contributed by atoms with Crippen molar-refractivity contribution in [2.75, 3.05) is 6.61 Å². The van der Waals surface area contributed by atoms with Gasteiger partial charge in [0.2, 0.25) is 0 Å². The van der Waals surface area contributed by atoms with Crippen LogP contribution >= 0.6 is 0 Å². The molecule has 12 heteroatoms. The van der Waals surface area contributed by atoms with Crippen molar-refractivity contribution in [3.63, 3.8) is 0 Å². The van der Waals surface area contributed by atoms with E-state index in [1.54, 1.807) is 0 Å². The van der Waals surface area contributed by atoms with Crippen LogP contribution in [0.2, 0.25) is 0 Å². The van der Waals surface area contributed by atoms with Crippen molar-refractivity contribution in [3.8, 4) is 0 Å². The predicted molar refractivity (Wildman–Crippen MR) is 59.4 cm³/mol. The number of rotatable bonds is 9. The molecule has 23 heavy (non-hydrogen) atoms. The fourth-order valence-electron chi connectivity index (χ4n) is 1.11. The molecule has 0 aliphatic rings. The predicted octanol–water partition coefficient (Wildman–Crippen LogP) is 1.94. The number of ether oxygens (including phenoxy) is 1. The summed E-state index contributed by atoms with van der Waals surface area (Å²) in [5, 5.41) is 16.3. The Balaban J connectivity index is 4.88. The van der Waals surface area contributed by atoms with Crippen LogP contribution < -0.4 is 0 Å². The monoisotopic (exact) mass is 352 g/mol. The van der Waals surface area contributed by atoms with Gasteiger partial charge >= 0.3 is 35.7 Å². The van der Waals surface area contributed by atoms with E-state index < -0.39 is 54.3 Å². The van der Waals surface area contributed by atoms with E-state index in [-0.39, 0.29) is 6.42 Å². The number of hydrogen-bond donors (Lipinski definition) is 2. The van der Waals surface area contributed by atoms with Gasteiger partial charge in [0.25, 0.3) is 0 Å². The second kappa shape index (κ2) is 6.87. The number of halogens is 6. The van der Waals surface area contributed by atoms with Crippen LogP contribution in [0, 0.1) is 0 Å². The molecule has 0 unspecified atom stereocenters. The minimum absolute atomic E-state index is 0.351. The first kappa shape index (κ1) is 20.7. The number of alkyl halides is 6. The fraction of sp³-hybridized carbons (Fsp3) is 0.545. The lowest BCUT2D eigenvalue weighted by Gasteiger charge is -2.28. The highest BCUT2D eigenvalue weighted by Gasteiger charge is 2.79. The Labute approximate surface area is 124 Å². The van der Waals surface area contributed by atoms with Crippen LogP contribution in [0.15, 0.2) is 12.2 Å². The van der Waals surface area contributed by atoms with Crippen molar-refractivity contribution in [1.82, 2.24) is 0 Å². The van der Waals surface area contributed by atoms with E-state index in [2.05, 4.69) is 11.3 Å². The summed E-state index contributed by atoms with van der Waals surface area (Å²) in [6.07, 6.45) is -0.760. The molecule has 0 aromatic heterocycles. The SMILES string of the molecule is C=C(CCCOC(=O)C(F)(F)C(F)(F)C(F)(F)C(=O)O)C(=O)O. The Kier molecular flexibility index (Phi) is 6.20. The zero-order valence-corrected chi connectivity index (χ0v) is 11.1. The van der Waals surface area contributed by atoms with Gasteiger partial charge in [-0.1, -0.05) is 6.58 Å². The molecule has 0 saturated carbocycles. The zero-order valence-electron chi connectivity index (χ0n) is 11.1. The lowest BCUT2D eigenvalue weighted by atomic mass is 10.0. The molecule has 0 amide bonds. The van der Waals surface area contributed by atoms with E-state index in [1.807, 2.05) is 0 Å². The highest BCUT2D eigenvalue weighted by molar-refractivity contribution is 5.85. The van der Waals surface area contributed by atoms with E-state index in [4.69, 9.17) is 10.2 Å². The molecule has 0 aliphatic carbocycles. The molecule has 132 valence electrons. The van der Waals surface area contributed by atoms with E-state index in [0.717, 1.165) is 0 Å². The minimum atomic E-state index is -6.53. The normalized spacial score (nSPS) is 12.6. The molecule has 0 aliphatic heterocycles. The average molecular weight is 352 g/mol. The summed E-state index contributed by atoms with van der Waals surface area (Å²) in [6.45, 7) is 2.05. The van der Waals surface area contributed by atoms with Crippen molar-refractivity contribution in [2.24, 2.45) is 0 Å². The Hall–Kier alpha value is -2.27. The number of hydrogen-bond acceptors (Lipinski definition) is 4. The van der Waals surface area contributed by atoms with Gasteiger partial charge in [-0.05, 0) is 12.8 Å². The van der Waals surface area contributed by atoms with Crippen molar-refractivity contribution in [2.45, 2.75) is 30.6 Å². The van der Waals surface area contributed by atoms with E-state index in [9.17, 15) is 40.7 Å². The number of carbonyl (C=O) groups excluding carboxylic acids is 1. The number of carboxylic acids is 2. The summed E-state index contributed by atoms with van der Waals surface area (Å²) >= 11 is 0. The fourth-order valence-corrected chi connectivity index (χ4v) is 1.11. The molecule has 0 radical (unpaired) electrons. The molecule has 0 saturated heterocycles. The van der Waals surface area contributed by atoms with Gasteiger partial charge in [0.1, 0.15) is 0 Å². The number of esters is 1. The maximum absolute atomic E-state index is 13.1. The largest absolute Gasteiger partial charge is 0.478 e. The van der Waals surface area contributed by atoms with Crippen LogP contribution in [-0.4, -0.2) is 52.5 Å². The van der Waals surface area contributed by atoms with Gasteiger partial charge < -0.3 is 14.9 Å². The topological polar surface area (TPSA) is 101 Å². The van der Waals surface area contributed by atoms with Gasteiger partial charge in [0.15, 0.2) is 0 Å². The van der Waals surface area contributed by atoms with Crippen molar-refractivity contribution < 1.29 is 55.7 Å². The first-order valence-electron chi connectivity index (χ1n) is 5.64. The molecule has 0 atom stereocenters. The van der Waals surface area contributed by atoms with Crippen molar-refractivity contribution in [1.29, 1.82) is 0 Å². The molecule has 0 aromatic rings. The minimum Gasteiger partial charge on any atom is -0.478 e. The van der Waals surface area contributed by atoms with Gasteiger partial charge in [-0.25, -0.2) is 14.4 Å². The molecular formula is C11H10F6O6. The van der Waals surface area contributed by atoms with Gasteiger partial charge in [-0.3, -0.25) is 0 Å². The maximum atomic E-state index is 13.1. The molecule has 0 aromatic carbocycles.